The lowest BCUT2D eigenvalue weighted by atomic mass is 9.59. The highest BCUT2D eigenvalue weighted by atomic mass is 19.1. The minimum Gasteiger partial charge on any atom is -0.309 e. The molecule has 0 radical (unpaired) electrons. The van der Waals surface area contributed by atoms with E-state index in [0.29, 0.717) is 0 Å². The molecule has 1 aromatic carbocycles. The summed E-state index contributed by atoms with van der Waals surface area (Å²) in [5, 5.41) is 3.56. The van der Waals surface area contributed by atoms with E-state index in [0.717, 1.165) is 24.9 Å². The number of halogens is 1. The van der Waals surface area contributed by atoms with Crippen LogP contribution in [0.2, 0.25) is 0 Å². The van der Waals surface area contributed by atoms with Crippen LogP contribution in [0.15, 0.2) is 48.8 Å². The Hall–Kier alpha value is -1.74. The van der Waals surface area contributed by atoms with Crippen LogP contribution >= 0.6 is 0 Å². The first-order valence-electron chi connectivity index (χ1n) is 7.65. The predicted octanol–water partition coefficient (Wildman–Crippen LogP) is 3.99. The van der Waals surface area contributed by atoms with E-state index in [1.807, 2.05) is 6.07 Å². The Morgan fingerprint density at radius 3 is 2.57 bits per heavy atom. The van der Waals surface area contributed by atoms with Crippen molar-refractivity contribution in [2.24, 2.45) is 0 Å². The molecule has 1 aliphatic rings. The zero-order valence-corrected chi connectivity index (χ0v) is 12.3. The lowest BCUT2D eigenvalue weighted by Crippen LogP contribution is -2.46. The zero-order chi connectivity index (χ0) is 14.7. The Morgan fingerprint density at radius 1 is 1.24 bits per heavy atom. The van der Waals surface area contributed by atoms with E-state index in [2.05, 4.69) is 41.5 Å². The average molecular weight is 284 g/mol. The molecule has 0 saturated heterocycles. The van der Waals surface area contributed by atoms with Gasteiger partial charge in [0.05, 0.1) is 6.20 Å². The second-order valence-corrected chi connectivity index (χ2v) is 5.80. The third-order valence-corrected chi connectivity index (χ3v) is 4.61. The number of hydrogen-bond donors (Lipinski definition) is 1. The summed E-state index contributed by atoms with van der Waals surface area (Å²) in [6, 6.07) is 12.3. The summed E-state index contributed by atoms with van der Waals surface area (Å²) in [4.78, 5) is 4.04. The molecule has 0 aliphatic heterocycles. The van der Waals surface area contributed by atoms with Crippen LogP contribution in [-0.2, 0) is 5.41 Å². The summed E-state index contributed by atoms with van der Waals surface area (Å²) < 4.78 is 13.6. The molecule has 3 heteroatoms. The van der Waals surface area contributed by atoms with Crippen molar-refractivity contribution < 1.29 is 4.39 Å². The molecule has 2 nitrogen and oxygen atoms in total. The number of aromatic nitrogens is 1. The van der Waals surface area contributed by atoms with Crippen molar-refractivity contribution in [3.8, 4) is 0 Å². The van der Waals surface area contributed by atoms with Gasteiger partial charge in [-0.15, -0.1) is 0 Å². The van der Waals surface area contributed by atoms with Gasteiger partial charge in [0.15, 0.2) is 0 Å². The van der Waals surface area contributed by atoms with Crippen LogP contribution in [0.25, 0.3) is 0 Å². The maximum absolute atomic E-state index is 13.6. The van der Waals surface area contributed by atoms with Gasteiger partial charge in [0.2, 0.25) is 0 Å². The van der Waals surface area contributed by atoms with Crippen molar-refractivity contribution in [2.45, 2.75) is 37.6 Å². The van der Waals surface area contributed by atoms with Crippen LogP contribution in [-0.4, -0.2) is 11.5 Å². The molecule has 1 unspecified atom stereocenters. The molecule has 3 rings (SSSR count). The van der Waals surface area contributed by atoms with Crippen molar-refractivity contribution in [1.29, 1.82) is 0 Å². The Kier molecular flexibility index (Phi) is 4.02. The molecule has 0 bridgehead atoms. The van der Waals surface area contributed by atoms with E-state index in [9.17, 15) is 4.39 Å². The van der Waals surface area contributed by atoms with Crippen molar-refractivity contribution in [3.63, 3.8) is 0 Å². The summed E-state index contributed by atoms with van der Waals surface area (Å²) >= 11 is 0. The van der Waals surface area contributed by atoms with Crippen LogP contribution < -0.4 is 5.32 Å². The Balaban J connectivity index is 2.03. The van der Waals surface area contributed by atoms with E-state index in [1.54, 1.807) is 12.3 Å². The molecule has 0 amide bonds. The van der Waals surface area contributed by atoms with Gasteiger partial charge >= 0.3 is 0 Å². The number of benzene rings is 1. The Bertz CT molecular complexity index is 593. The van der Waals surface area contributed by atoms with Gasteiger partial charge in [0, 0.05) is 17.7 Å². The van der Waals surface area contributed by atoms with Gasteiger partial charge in [-0.3, -0.25) is 4.98 Å². The van der Waals surface area contributed by atoms with Gasteiger partial charge in [-0.05, 0) is 36.6 Å². The maximum atomic E-state index is 13.6. The quantitative estimate of drug-likeness (QED) is 0.898. The third-order valence-electron chi connectivity index (χ3n) is 4.61. The average Bonchev–Trinajstić information content (AvgIpc) is 2.46. The molecule has 2 aromatic rings. The minimum atomic E-state index is -0.266. The second kappa shape index (κ2) is 5.94. The molecule has 1 atom stereocenters. The number of hydrogen-bond acceptors (Lipinski definition) is 2. The molecule has 1 heterocycles. The van der Waals surface area contributed by atoms with Gasteiger partial charge in [-0.2, -0.15) is 0 Å². The first-order valence-corrected chi connectivity index (χ1v) is 7.65. The van der Waals surface area contributed by atoms with E-state index < -0.39 is 0 Å². The molecule has 1 N–H and O–H groups in total. The van der Waals surface area contributed by atoms with E-state index in [4.69, 9.17) is 0 Å². The SMILES string of the molecule is CCNC(c1cncc(F)c1)C1(c2ccccc2)CCC1. The van der Waals surface area contributed by atoms with Crippen molar-refractivity contribution in [2.75, 3.05) is 6.54 Å². The van der Waals surface area contributed by atoms with Crippen molar-refractivity contribution >= 4 is 0 Å². The monoisotopic (exact) mass is 284 g/mol. The first-order chi connectivity index (χ1) is 10.3. The third kappa shape index (κ3) is 2.58. The summed E-state index contributed by atoms with van der Waals surface area (Å²) in [5.74, 6) is -0.266. The van der Waals surface area contributed by atoms with Gasteiger partial charge in [0.1, 0.15) is 5.82 Å². The van der Waals surface area contributed by atoms with Gasteiger partial charge in [-0.25, -0.2) is 4.39 Å². The smallest absolute Gasteiger partial charge is 0.141 e. The van der Waals surface area contributed by atoms with Crippen molar-refractivity contribution in [1.82, 2.24) is 10.3 Å². The molecule has 21 heavy (non-hydrogen) atoms. The summed E-state index contributed by atoms with van der Waals surface area (Å²) in [6.07, 6.45) is 6.54. The predicted molar refractivity (Wildman–Crippen MR) is 82.6 cm³/mol. The van der Waals surface area contributed by atoms with Crippen LogP contribution in [0.5, 0.6) is 0 Å². The fourth-order valence-electron chi connectivity index (χ4n) is 3.49. The number of rotatable bonds is 5. The zero-order valence-electron chi connectivity index (χ0n) is 12.3. The van der Waals surface area contributed by atoms with Crippen LogP contribution in [0, 0.1) is 5.82 Å². The molecule has 0 spiro atoms. The van der Waals surface area contributed by atoms with E-state index in [1.165, 1.54) is 18.2 Å². The normalized spacial score (nSPS) is 18.0. The molecule has 1 fully saturated rings. The molecule has 1 aromatic heterocycles. The summed E-state index contributed by atoms with van der Waals surface area (Å²) in [5.41, 5.74) is 2.35. The number of likely N-dealkylation sites (N-methyl/N-ethyl adjacent to an activating group) is 1. The highest BCUT2D eigenvalue weighted by molar-refractivity contribution is 5.35. The largest absolute Gasteiger partial charge is 0.309 e. The highest BCUT2D eigenvalue weighted by Crippen LogP contribution is 2.52. The Labute approximate surface area is 125 Å². The maximum Gasteiger partial charge on any atom is 0.141 e. The minimum absolute atomic E-state index is 0.0622. The second-order valence-electron chi connectivity index (χ2n) is 5.80. The lowest BCUT2D eigenvalue weighted by Gasteiger charge is -2.49. The topological polar surface area (TPSA) is 24.9 Å². The van der Waals surface area contributed by atoms with Crippen LogP contribution in [0.4, 0.5) is 4.39 Å². The Morgan fingerprint density at radius 2 is 2.00 bits per heavy atom. The van der Waals surface area contributed by atoms with E-state index in [-0.39, 0.29) is 17.3 Å². The fourth-order valence-corrected chi connectivity index (χ4v) is 3.49. The molecule has 1 saturated carbocycles. The number of nitrogens with zero attached hydrogens (tertiary/aromatic N) is 1. The first kappa shape index (κ1) is 14.2. The molecule has 110 valence electrons. The molecular weight excluding hydrogens is 263 g/mol. The fraction of sp³-hybridized carbons (Fsp3) is 0.389. The van der Waals surface area contributed by atoms with Crippen LogP contribution in [0.1, 0.15) is 43.4 Å². The number of nitrogens with one attached hydrogen (secondary N) is 1. The van der Waals surface area contributed by atoms with Crippen LogP contribution in [0.3, 0.4) is 0 Å². The number of pyridine rings is 1. The van der Waals surface area contributed by atoms with E-state index >= 15 is 0 Å². The standard InChI is InChI=1S/C18H21FN2/c1-2-21-17(14-11-16(19)13-20-12-14)18(9-6-10-18)15-7-4-3-5-8-15/h3-5,7-8,11-13,17,21H,2,6,9-10H2,1H3. The lowest BCUT2D eigenvalue weighted by molar-refractivity contribution is 0.170. The highest BCUT2D eigenvalue weighted by Gasteiger charge is 2.45. The van der Waals surface area contributed by atoms with Gasteiger partial charge in [0.25, 0.3) is 0 Å². The summed E-state index contributed by atoms with van der Waals surface area (Å²) in [7, 11) is 0. The van der Waals surface area contributed by atoms with Gasteiger partial charge < -0.3 is 5.32 Å². The van der Waals surface area contributed by atoms with Crippen molar-refractivity contribution in [3.05, 3.63) is 65.7 Å². The summed E-state index contributed by atoms with van der Waals surface area (Å²) in [6.45, 7) is 2.95. The molecular formula is C18H21FN2. The van der Waals surface area contributed by atoms with Gasteiger partial charge in [-0.1, -0.05) is 43.7 Å². The molecule has 1 aliphatic carbocycles.